The molecule has 1 unspecified atom stereocenters. The zero-order valence-electron chi connectivity index (χ0n) is 12.1. The minimum atomic E-state index is -0.654. The first-order valence-corrected chi connectivity index (χ1v) is 7.08. The number of nitrogens with zero attached hydrogens (tertiary/aromatic N) is 1. The van der Waals surface area contributed by atoms with Crippen LogP contribution in [0.25, 0.3) is 0 Å². The molecule has 0 spiro atoms. The predicted octanol–water partition coefficient (Wildman–Crippen LogP) is -0.573. The molecular formula is C13H21N3O4S. The first-order chi connectivity index (χ1) is 10.1. The highest BCUT2D eigenvalue weighted by atomic mass is 32.1. The molecule has 0 aliphatic carbocycles. The number of carbonyl (C=O) groups excluding carboxylic acids is 2. The molecule has 1 aliphatic heterocycles. The first-order valence-electron chi connectivity index (χ1n) is 6.67. The molecule has 0 aromatic heterocycles. The number of esters is 1. The van der Waals surface area contributed by atoms with Crippen LogP contribution in [0.1, 0.15) is 6.42 Å². The molecule has 0 radical (unpaired) electrons. The van der Waals surface area contributed by atoms with Gasteiger partial charge in [0.05, 0.1) is 13.0 Å². The molecule has 0 aromatic carbocycles. The van der Waals surface area contributed by atoms with Crippen molar-refractivity contribution in [3.05, 3.63) is 12.7 Å². The lowest BCUT2D eigenvalue weighted by Gasteiger charge is -2.36. The van der Waals surface area contributed by atoms with Gasteiger partial charge in [0.1, 0.15) is 12.6 Å². The van der Waals surface area contributed by atoms with Crippen LogP contribution in [-0.4, -0.2) is 67.9 Å². The molecule has 1 aliphatic rings. The molecule has 1 atom stereocenters. The Morgan fingerprint density at radius 3 is 3.05 bits per heavy atom. The molecule has 1 fully saturated rings. The van der Waals surface area contributed by atoms with Gasteiger partial charge in [-0.25, -0.2) is 0 Å². The van der Waals surface area contributed by atoms with Gasteiger partial charge in [0.15, 0.2) is 5.11 Å². The van der Waals surface area contributed by atoms with Crippen LogP contribution in [-0.2, 0) is 19.1 Å². The van der Waals surface area contributed by atoms with Gasteiger partial charge in [0, 0.05) is 26.7 Å². The number of hydrogen-bond donors (Lipinski definition) is 2. The highest BCUT2D eigenvalue weighted by Gasteiger charge is 2.33. The monoisotopic (exact) mass is 315 g/mol. The Labute approximate surface area is 129 Å². The summed E-state index contributed by atoms with van der Waals surface area (Å²) in [5.41, 5.74) is 0. The SMILES string of the molecule is C=CCNC(=S)N1CCNC(=O)C1CC(=O)OCCOC. The van der Waals surface area contributed by atoms with E-state index in [4.69, 9.17) is 21.7 Å². The summed E-state index contributed by atoms with van der Waals surface area (Å²) >= 11 is 5.24. The van der Waals surface area contributed by atoms with Crippen molar-refractivity contribution in [2.24, 2.45) is 0 Å². The fourth-order valence-corrected chi connectivity index (χ4v) is 2.18. The molecule has 21 heavy (non-hydrogen) atoms. The van der Waals surface area contributed by atoms with Gasteiger partial charge < -0.3 is 25.0 Å². The zero-order chi connectivity index (χ0) is 15.7. The lowest BCUT2D eigenvalue weighted by Crippen LogP contribution is -2.59. The van der Waals surface area contributed by atoms with E-state index in [1.807, 2.05) is 0 Å². The topological polar surface area (TPSA) is 79.9 Å². The summed E-state index contributed by atoms with van der Waals surface area (Å²) < 4.78 is 9.79. The maximum atomic E-state index is 12.0. The highest BCUT2D eigenvalue weighted by molar-refractivity contribution is 7.80. The van der Waals surface area contributed by atoms with Gasteiger partial charge in [-0.1, -0.05) is 6.08 Å². The molecule has 8 heteroatoms. The summed E-state index contributed by atoms with van der Waals surface area (Å²) in [6.45, 7) is 5.63. The highest BCUT2D eigenvalue weighted by Crippen LogP contribution is 2.10. The first kappa shape index (κ1) is 17.4. The van der Waals surface area contributed by atoms with Crippen molar-refractivity contribution in [3.63, 3.8) is 0 Å². The number of ether oxygens (including phenoxy) is 2. The van der Waals surface area contributed by atoms with Crippen LogP contribution in [0.3, 0.4) is 0 Å². The maximum absolute atomic E-state index is 12.0. The second-order valence-electron chi connectivity index (χ2n) is 4.39. The van der Waals surface area contributed by atoms with E-state index in [1.54, 1.807) is 11.0 Å². The number of amides is 1. The van der Waals surface area contributed by atoms with E-state index in [1.165, 1.54) is 7.11 Å². The van der Waals surface area contributed by atoms with Crippen LogP contribution in [0.4, 0.5) is 0 Å². The van der Waals surface area contributed by atoms with E-state index in [0.717, 1.165) is 0 Å². The van der Waals surface area contributed by atoms with E-state index in [2.05, 4.69) is 17.2 Å². The second-order valence-corrected chi connectivity index (χ2v) is 4.78. The standard InChI is InChI=1S/C13H21N3O4S/c1-3-4-15-13(21)16-6-5-14-12(18)10(16)9-11(17)20-8-7-19-2/h3,10H,1,4-9H2,2H3,(H,14,18)(H,15,21). The summed E-state index contributed by atoms with van der Waals surface area (Å²) in [5.74, 6) is -0.682. The number of piperazine rings is 1. The average Bonchev–Trinajstić information content (AvgIpc) is 2.47. The summed E-state index contributed by atoms with van der Waals surface area (Å²) in [6, 6.07) is -0.654. The summed E-state index contributed by atoms with van der Waals surface area (Å²) in [4.78, 5) is 25.4. The number of nitrogens with one attached hydrogen (secondary N) is 2. The summed E-state index contributed by atoms with van der Waals surface area (Å²) in [7, 11) is 1.52. The quantitative estimate of drug-likeness (QED) is 0.282. The molecule has 0 aromatic rings. The van der Waals surface area contributed by atoms with E-state index in [-0.39, 0.29) is 18.9 Å². The Morgan fingerprint density at radius 2 is 2.38 bits per heavy atom. The van der Waals surface area contributed by atoms with Gasteiger partial charge in [-0.05, 0) is 12.2 Å². The molecule has 1 rings (SSSR count). The van der Waals surface area contributed by atoms with E-state index in [0.29, 0.717) is 31.4 Å². The third-order valence-electron chi connectivity index (χ3n) is 2.90. The predicted molar refractivity (Wildman–Crippen MR) is 81.8 cm³/mol. The van der Waals surface area contributed by atoms with Crippen LogP contribution < -0.4 is 10.6 Å². The third kappa shape index (κ3) is 5.68. The normalized spacial score (nSPS) is 17.9. The summed E-state index contributed by atoms with van der Waals surface area (Å²) in [6.07, 6.45) is 1.62. The van der Waals surface area contributed by atoms with E-state index < -0.39 is 12.0 Å². The summed E-state index contributed by atoms with van der Waals surface area (Å²) in [5, 5.41) is 6.12. The van der Waals surface area contributed by atoms with Crippen molar-refractivity contribution >= 4 is 29.2 Å². The maximum Gasteiger partial charge on any atom is 0.308 e. The van der Waals surface area contributed by atoms with Crippen molar-refractivity contribution in [2.45, 2.75) is 12.5 Å². The van der Waals surface area contributed by atoms with Gasteiger partial charge in [-0.3, -0.25) is 9.59 Å². The van der Waals surface area contributed by atoms with Gasteiger partial charge in [0.25, 0.3) is 0 Å². The van der Waals surface area contributed by atoms with Crippen molar-refractivity contribution in [1.82, 2.24) is 15.5 Å². The number of methoxy groups -OCH3 is 1. The number of thiocarbonyl (C=S) groups is 1. The molecule has 1 amide bonds. The molecule has 0 bridgehead atoms. The van der Waals surface area contributed by atoms with Crippen molar-refractivity contribution in [1.29, 1.82) is 0 Å². The van der Waals surface area contributed by atoms with E-state index >= 15 is 0 Å². The van der Waals surface area contributed by atoms with Crippen molar-refractivity contribution < 1.29 is 19.1 Å². The fraction of sp³-hybridized carbons (Fsp3) is 0.615. The van der Waals surface area contributed by atoms with Crippen LogP contribution in [0, 0.1) is 0 Å². The lowest BCUT2D eigenvalue weighted by molar-refractivity contribution is -0.148. The number of carbonyl (C=O) groups is 2. The van der Waals surface area contributed by atoms with Crippen LogP contribution >= 0.6 is 12.2 Å². The molecule has 7 nitrogen and oxygen atoms in total. The van der Waals surface area contributed by atoms with Crippen molar-refractivity contribution in [2.75, 3.05) is 40.0 Å². The van der Waals surface area contributed by atoms with Crippen LogP contribution in [0.2, 0.25) is 0 Å². The second kappa shape index (κ2) is 9.30. The molecule has 0 saturated carbocycles. The molecule has 118 valence electrons. The third-order valence-corrected chi connectivity index (χ3v) is 3.28. The van der Waals surface area contributed by atoms with Gasteiger partial charge in [-0.2, -0.15) is 0 Å². The van der Waals surface area contributed by atoms with Crippen molar-refractivity contribution in [3.8, 4) is 0 Å². The zero-order valence-corrected chi connectivity index (χ0v) is 12.9. The largest absolute Gasteiger partial charge is 0.463 e. The Balaban J connectivity index is 2.59. The van der Waals surface area contributed by atoms with Crippen LogP contribution in [0.5, 0.6) is 0 Å². The lowest BCUT2D eigenvalue weighted by atomic mass is 10.1. The van der Waals surface area contributed by atoms with Gasteiger partial charge >= 0.3 is 5.97 Å². The minimum Gasteiger partial charge on any atom is -0.463 e. The fourth-order valence-electron chi connectivity index (χ4n) is 1.88. The number of hydrogen-bond acceptors (Lipinski definition) is 5. The Morgan fingerprint density at radius 1 is 1.62 bits per heavy atom. The molecule has 2 N–H and O–H groups in total. The van der Waals surface area contributed by atoms with E-state index in [9.17, 15) is 9.59 Å². The Bertz CT molecular complexity index is 403. The number of rotatable bonds is 7. The van der Waals surface area contributed by atoms with Gasteiger partial charge in [-0.15, -0.1) is 6.58 Å². The van der Waals surface area contributed by atoms with Gasteiger partial charge in [0.2, 0.25) is 5.91 Å². The molecule has 1 heterocycles. The molecule has 1 saturated heterocycles. The smallest absolute Gasteiger partial charge is 0.308 e. The Hall–Kier alpha value is -1.67. The average molecular weight is 315 g/mol. The Kier molecular flexibility index (Phi) is 7.70. The minimum absolute atomic E-state index is 0.0501. The van der Waals surface area contributed by atoms with Crippen LogP contribution in [0.15, 0.2) is 12.7 Å². The molecular weight excluding hydrogens is 294 g/mol.